The van der Waals surface area contributed by atoms with Crippen LogP contribution in [-0.4, -0.2) is 30.2 Å². The lowest BCUT2D eigenvalue weighted by Crippen LogP contribution is -2.27. The average molecular weight is 301 g/mol. The zero-order valence-corrected chi connectivity index (χ0v) is 12.7. The van der Waals surface area contributed by atoms with Crippen molar-refractivity contribution in [3.05, 3.63) is 71.9 Å². The highest BCUT2D eigenvalue weighted by Gasteiger charge is 2.22. The molecule has 0 bridgehead atoms. The fourth-order valence-corrected chi connectivity index (χ4v) is 2.89. The van der Waals surface area contributed by atoms with Crippen LogP contribution in [0.3, 0.4) is 0 Å². The van der Waals surface area contributed by atoms with Crippen LogP contribution in [0, 0.1) is 0 Å². The van der Waals surface area contributed by atoms with Gasteiger partial charge < -0.3 is 4.90 Å². The summed E-state index contributed by atoms with van der Waals surface area (Å²) in [6.07, 6.45) is 1.83. The Balaban J connectivity index is 1.92. The maximum Gasteiger partial charge on any atom is 0.248 e. The summed E-state index contributed by atoms with van der Waals surface area (Å²) in [6.45, 7) is 0.146. The van der Waals surface area contributed by atoms with Gasteiger partial charge in [-0.3, -0.25) is 14.8 Å². The van der Waals surface area contributed by atoms with Crippen LogP contribution in [0.25, 0.3) is 10.9 Å². The minimum absolute atomic E-state index is 0.0128. The van der Waals surface area contributed by atoms with Crippen LogP contribution in [0.15, 0.2) is 65.8 Å². The second-order valence-electron chi connectivity index (χ2n) is 5.55. The number of benzodiazepines with no additional fused rings is 1. The van der Waals surface area contributed by atoms with Crippen LogP contribution in [0.5, 0.6) is 0 Å². The second kappa shape index (κ2) is 5.32. The lowest BCUT2D eigenvalue weighted by Gasteiger charge is -2.17. The molecule has 1 amide bonds. The van der Waals surface area contributed by atoms with Crippen LogP contribution in [-0.2, 0) is 4.79 Å². The molecule has 1 aromatic heterocycles. The standard InChI is InChI=1S/C19H15N3O/c1-22-17-9-5-3-7-15(17)19(21-12-18(22)23)14-10-13-6-2-4-8-16(13)20-11-14/h2-11H,12H2,1H3. The third-order valence-corrected chi connectivity index (χ3v) is 4.13. The molecule has 4 rings (SSSR count). The van der Waals surface area contributed by atoms with Crippen molar-refractivity contribution in [2.24, 2.45) is 4.99 Å². The summed E-state index contributed by atoms with van der Waals surface area (Å²) in [5, 5.41) is 1.06. The van der Waals surface area contributed by atoms with Crippen molar-refractivity contribution < 1.29 is 4.79 Å². The Morgan fingerprint density at radius 1 is 1.04 bits per heavy atom. The third kappa shape index (κ3) is 2.28. The van der Waals surface area contributed by atoms with Crippen molar-refractivity contribution in [1.29, 1.82) is 0 Å². The van der Waals surface area contributed by atoms with Gasteiger partial charge in [-0.15, -0.1) is 0 Å². The van der Waals surface area contributed by atoms with Gasteiger partial charge in [-0.25, -0.2) is 0 Å². The van der Waals surface area contributed by atoms with Gasteiger partial charge in [0.05, 0.1) is 16.9 Å². The first kappa shape index (κ1) is 13.6. The molecule has 0 fully saturated rings. The number of hydrogen-bond acceptors (Lipinski definition) is 3. The Labute approximate surface area is 134 Å². The number of nitrogens with zero attached hydrogens (tertiary/aromatic N) is 3. The van der Waals surface area contributed by atoms with Crippen molar-refractivity contribution in [2.45, 2.75) is 0 Å². The molecular weight excluding hydrogens is 286 g/mol. The summed E-state index contributed by atoms with van der Waals surface area (Å²) in [4.78, 5) is 22.9. The van der Waals surface area contributed by atoms with Crippen LogP contribution < -0.4 is 4.90 Å². The number of carbonyl (C=O) groups excluding carboxylic acids is 1. The summed E-state index contributed by atoms with van der Waals surface area (Å²) in [5.41, 5.74) is 4.53. The summed E-state index contributed by atoms with van der Waals surface area (Å²) in [5.74, 6) is -0.0128. The predicted molar refractivity (Wildman–Crippen MR) is 92.1 cm³/mol. The molecule has 0 atom stereocenters. The summed E-state index contributed by atoms with van der Waals surface area (Å²) >= 11 is 0. The summed E-state index contributed by atoms with van der Waals surface area (Å²) < 4.78 is 0. The third-order valence-electron chi connectivity index (χ3n) is 4.13. The molecule has 0 saturated carbocycles. The first-order valence-corrected chi connectivity index (χ1v) is 7.49. The van der Waals surface area contributed by atoms with E-state index in [2.05, 4.69) is 16.0 Å². The number of carbonyl (C=O) groups is 1. The van der Waals surface area contributed by atoms with E-state index in [4.69, 9.17) is 0 Å². The Kier molecular flexibility index (Phi) is 3.15. The monoisotopic (exact) mass is 301 g/mol. The first-order chi connectivity index (χ1) is 11.2. The number of rotatable bonds is 1. The van der Waals surface area contributed by atoms with Gasteiger partial charge in [0.15, 0.2) is 0 Å². The zero-order chi connectivity index (χ0) is 15.8. The minimum Gasteiger partial charge on any atom is -0.313 e. The number of hydrogen-bond donors (Lipinski definition) is 0. The summed E-state index contributed by atoms with van der Waals surface area (Å²) in [6, 6.07) is 17.9. The average Bonchev–Trinajstić information content (AvgIpc) is 2.73. The van der Waals surface area contributed by atoms with Gasteiger partial charge in [0.2, 0.25) is 5.91 Å². The molecule has 2 heterocycles. The normalized spacial score (nSPS) is 14.4. The Hall–Kier alpha value is -3.01. The van der Waals surface area contributed by atoms with Gasteiger partial charge in [-0.1, -0.05) is 36.4 Å². The molecule has 1 aliphatic rings. The zero-order valence-electron chi connectivity index (χ0n) is 12.7. The first-order valence-electron chi connectivity index (χ1n) is 7.49. The molecule has 2 aromatic carbocycles. The quantitative estimate of drug-likeness (QED) is 0.693. The SMILES string of the molecule is CN1C(=O)CN=C(c2cnc3ccccc3c2)c2ccccc21. The van der Waals surface area contributed by atoms with E-state index >= 15 is 0 Å². The lowest BCUT2D eigenvalue weighted by molar-refractivity contribution is -0.116. The van der Waals surface area contributed by atoms with E-state index in [0.717, 1.165) is 33.4 Å². The van der Waals surface area contributed by atoms with Crippen LogP contribution in [0.2, 0.25) is 0 Å². The molecule has 0 saturated heterocycles. The van der Waals surface area contributed by atoms with Gasteiger partial charge >= 0.3 is 0 Å². The Morgan fingerprint density at radius 2 is 1.83 bits per heavy atom. The molecule has 112 valence electrons. The predicted octanol–water partition coefficient (Wildman–Crippen LogP) is 3.05. The smallest absolute Gasteiger partial charge is 0.248 e. The maximum absolute atomic E-state index is 12.2. The Bertz CT molecular complexity index is 946. The number of pyridine rings is 1. The van der Waals surface area contributed by atoms with Gasteiger partial charge in [0, 0.05) is 29.8 Å². The molecule has 0 spiro atoms. The van der Waals surface area contributed by atoms with Gasteiger partial charge in [0.1, 0.15) is 6.54 Å². The van der Waals surface area contributed by atoms with Crippen molar-refractivity contribution in [2.75, 3.05) is 18.5 Å². The number of aliphatic imine (C=N–C) groups is 1. The molecule has 0 radical (unpaired) electrons. The highest BCUT2D eigenvalue weighted by atomic mass is 16.2. The number of likely N-dealkylation sites (N-methyl/N-ethyl adjacent to an activating group) is 1. The largest absolute Gasteiger partial charge is 0.313 e. The molecule has 0 N–H and O–H groups in total. The molecule has 3 aromatic rings. The molecule has 4 heteroatoms. The second-order valence-corrected chi connectivity index (χ2v) is 5.55. The number of fused-ring (bicyclic) bond motifs is 2. The lowest BCUT2D eigenvalue weighted by atomic mass is 10.0. The van der Waals surface area contributed by atoms with Crippen molar-refractivity contribution in [3.8, 4) is 0 Å². The van der Waals surface area contributed by atoms with E-state index in [1.165, 1.54) is 0 Å². The molecule has 0 aliphatic carbocycles. The highest BCUT2D eigenvalue weighted by Crippen LogP contribution is 2.26. The Morgan fingerprint density at radius 3 is 2.74 bits per heavy atom. The number of para-hydroxylation sites is 2. The number of anilines is 1. The van der Waals surface area contributed by atoms with E-state index in [1.807, 2.05) is 54.7 Å². The minimum atomic E-state index is -0.0128. The van der Waals surface area contributed by atoms with Gasteiger partial charge in [-0.2, -0.15) is 0 Å². The summed E-state index contributed by atoms with van der Waals surface area (Å²) in [7, 11) is 1.79. The molecular formula is C19H15N3O. The van der Waals surface area contributed by atoms with E-state index < -0.39 is 0 Å². The number of benzene rings is 2. The van der Waals surface area contributed by atoms with E-state index in [9.17, 15) is 4.79 Å². The van der Waals surface area contributed by atoms with Gasteiger partial charge in [-0.05, 0) is 18.2 Å². The van der Waals surface area contributed by atoms with Crippen LogP contribution in [0.4, 0.5) is 5.69 Å². The fourth-order valence-electron chi connectivity index (χ4n) is 2.89. The van der Waals surface area contributed by atoms with Crippen molar-refractivity contribution in [3.63, 3.8) is 0 Å². The molecule has 1 aliphatic heterocycles. The number of amides is 1. The van der Waals surface area contributed by atoms with Crippen LogP contribution in [0.1, 0.15) is 11.1 Å². The topological polar surface area (TPSA) is 45.6 Å². The van der Waals surface area contributed by atoms with Crippen molar-refractivity contribution in [1.82, 2.24) is 4.98 Å². The van der Waals surface area contributed by atoms with E-state index in [-0.39, 0.29) is 12.5 Å². The van der Waals surface area contributed by atoms with Crippen molar-refractivity contribution >= 4 is 28.2 Å². The highest BCUT2D eigenvalue weighted by molar-refractivity contribution is 6.20. The molecule has 4 nitrogen and oxygen atoms in total. The maximum atomic E-state index is 12.2. The molecule has 0 unspecified atom stereocenters. The fraction of sp³-hybridized carbons (Fsp3) is 0.105. The number of aromatic nitrogens is 1. The van der Waals surface area contributed by atoms with E-state index in [1.54, 1.807) is 11.9 Å². The van der Waals surface area contributed by atoms with E-state index in [0.29, 0.717) is 0 Å². The van der Waals surface area contributed by atoms with Gasteiger partial charge in [0.25, 0.3) is 0 Å². The molecule has 23 heavy (non-hydrogen) atoms. The van der Waals surface area contributed by atoms with Crippen LogP contribution >= 0.6 is 0 Å².